The number of hydrogen-bond donors (Lipinski definition) is 1. The smallest absolute Gasteiger partial charge is 0.214 e. The van der Waals surface area contributed by atoms with Gasteiger partial charge in [-0.25, -0.2) is 14.4 Å². The Balaban J connectivity index is 2.12. The summed E-state index contributed by atoms with van der Waals surface area (Å²) in [5, 5.41) is 0.0252. The Morgan fingerprint density at radius 3 is 2.95 bits per heavy atom. The maximum atomic E-state index is 13.4. The zero-order valence-electron chi connectivity index (χ0n) is 10.0. The van der Waals surface area contributed by atoms with E-state index in [1.807, 2.05) is 0 Å². The van der Waals surface area contributed by atoms with E-state index in [1.54, 1.807) is 17.7 Å². The summed E-state index contributed by atoms with van der Waals surface area (Å²) in [6.07, 6.45) is 1.62. The number of anilines is 1. The van der Waals surface area contributed by atoms with Gasteiger partial charge in [0.15, 0.2) is 0 Å². The number of rotatable bonds is 2. The van der Waals surface area contributed by atoms with Crippen molar-refractivity contribution in [3.63, 3.8) is 0 Å². The molecule has 0 fully saturated rings. The second-order valence-corrected chi connectivity index (χ2v) is 4.58. The topological polar surface area (TPSA) is 69.9 Å². The highest BCUT2D eigenvalue weighted by molar-refractivity contribution is 6.31. The molecule has 7 heteroatoms. The van der Waals surface area contributed by atoms with E-state index in [4.69, 9.17) is 21.8 Å². The van der Waals surface area contributed by atoms with Gasteiger partial charge in [-0.2, -0.15) is 0 Å². The molecule has 5 nitrogen and oxygen atoms in total. The molecule has 0 aliphatic heterocycles. The summed E-state index contributed by atoms with van der Waals surface area (Å²) in [6.45, 7) is 2.12. The lowest BCUT2D eigenvalue weighted by Gasteiger charge is -2.03. The van der Waals surface area contributed by atoms with Gasteiger partial charge in [-0.05, 0) is 13.0 Å². The second-order valence-electron chi connectivity index (χ2n) is 4.18. The van der Waals surface area contributed by atoms with Crippen molar-refractivity contribution in [1.82, 2.24) is 14.5 Å². The van der Waals surface area contributed by atoms with Crippen LogP contribution in [0, 0.1) is 12.7 Å². The number of benzene rings is 1. The molecule has 2 heterocycles. The van der Waals surface area contributed by atoms with Crippen molar-refractivity contribution in [3.05, 3.63) is 40.8 Å². The molecule has 0 saturated heterocycles. The lowest BCUT2D eigenvalue weighted by molar-refractivity contribution is 0.461. The average molecular weight is 281 g/mol. The maximum Gasteiger partial charge on any atom is 0.214 e. The average Bonchev–Trinajstić information content (AvgIpc) is 2.87. The third-order valence-electron chi connectivity index (χ3n) is 2.78. The molecule has 0 bridgehead atoms. The Morgan fingerprint density at radius 2 is 2.26 bits per heavy atom. The fourth-order valence-corrected chi connectivity index (χ4v) is 2.07. The van der Waals surface area contributed by atoms with Gasteiger partial charge in [-0.3, -0.25) is 0 Å². The number of imidazole rings is 1. The van der Waals surface area contributed by atoms with Gasteiger partial charge in [0.2, 0.25) is 11.8 Å². The van der Waals surface area contributed by atoms with Crippen LogP contribution in [0.2, 0.25) is 5.02 Å². The predicted molar refractivity (Wildman–Crippen MR) is 69.5 cm³/mol. The number of fused-ring (bicyclic) bond motifs is 1. The highest BCUT2D eigenvalue weighted by atomic mass is 35.5. The Hall–Kier alpha value is -2.08. The summed E-state index contributed by atoms with van der Waals surface area (Å²) < 4.78 is 20.4. The molecule has 0 aliphatic rings. The largest absolute Gasteiger partial charge is 0.444 e. The van der Waals surface area contributed by atoms with Crippen LogP contribution in [0.3, 0.4) is 0 Å². The Labute approximate surface area is 112 Å². The number of aromatic nitrogens is 3. The van der Waals surface area contributed by atoms with Gasteiger partial charge in [0.25, 0.3) is 0 Å². The number of aryl methyl sites for hydroxylation is 1. The first-order chi connectivity index (χ1) is 9.04. The first-order valence-electron chi connectivity index (χ1n) is 5.56. The van der Waals surface area contributed by atoms with Gasteiger partial charge in [0.1, 0.15) is 18.1 Å². The van der Waals surface area contributed by atoms with E-state index in [0.29, 0.717) is 29.2 Å². The summed E-state index contributed by atoms with van der Waals surface area (Å²) in [5.74, 6) is 0.948. The van der Waals surface area contributed by atoms with Crippen LogP contribution >= 0.6 is 11.6 Å². The molecule has 2 aromatic heterocycles. The van der Waals surface area contributed by atoms with Crippen molar-refractivity contribution in [2.45, 2.75) is 13.5 Å². The van der Waals surface area contributed by atoms with Crippen molar-refractivity contribution in [2.24, 2.45) is 0 Å². The number of hydrogen-bond acceptors (Lipinski definition) is 4. The predicted octanol–water partition coefficient (Wildman–Crippen LogP) is 2.76. The first-order valence-corrected chi connectivity index (χ1v) is 5.94. The van der Waals surface area contributed by atoms with E-state index in [0.717, 1.165) is 0 Å². The molecule has 0 amide bonds. The number of nitrogens with two attached hydrogens (primary N) is 1. The zero-order valence-corrected chi connectivity index (χ0v) is 10.8. The molecular weight excluding hydrogens is 271 g/mol. The summed E-state index contributed by atoms with van der Waals surface area (Å²) in [5.41, 5.74) is 6.91. The van der Waals surface area contributed by atoms with Gasteiger partial charge in [-0.1, -0.05) is 11.6 Å². The Kier molecular flexibility index (Phi) is 2.67. The number of nitrogen functional groups attached to an aromatic ring is 1. The maximum absolute atomic E-state index is 13.4. The Morgan fingerprint density at radius 1 is 1.47 bits per heavy atom. The van der Waals surface area contributed by atoms with E-state index in [9.17, 15) is 4.39 Å². The Bertz CT molecular complexity index is 765. The standard InChI is InChI=1S/C12H10ClFN4O/c1-6-4-16-11(19-6)5-18-10-2-7(13)8(14)3-9(10)17-12(18)15/h2-4H,5H2,1H3,(H2,15,17). The molecule has 3 rings (SSSR count). The van der Waals surface area contributed by atoms with Crippen LogP contribution in [-0.2, 0) is 6.54 Å². The lowest BCUT2D eigenvalue weighted by atomic mass is 10.3. The van der Waals surface area contributed by atoms with Gasteiger partial charge in [-0.15, -0.1) is 0 Å². The van der Waals surface area contributed by atoms with Gasteiger partial charge in [0.05, 0.1) is 22.3 Å². The normalized spacial score (nSPS) is 11.3. The second kappa shape index (κ2) is 4.24. The van der Waals surface area contributed by atoms with Gasteiger partial charge in [0, 0.05) is 6.07 Å². The van der Waals surface area contributed by atoms with Crippen LogP contribution < -0.4 is 5.73 Å². The molecule has 0 radical (unpaired) electrons. The van der Waals surface area contributed by atoms with Crippen LogP contribution in [0.1, 0.15) is 11.7 Å². The van der Waals surface area contributed by atoms with Crippen molar-refractivity contribution in [2.75, 3.05) is 5.73 Å². The fraction of sp³-hybridized carbons (Fsp3) is 0.167. The summed E-state index contributed by atoms with van der Waals surface area (Å²) in [4.78, 5) is 8.19. The number of halogens is 2. The molecule has 0 spiro atoms. The van der Waals surface area contributed by atoms with E-state index in [2.05, 4.69) is 9.97 Å². The molecule has 0 aliphatic carbocycles. The SMILES string of the molecule is Cc1cnc(Cn2c(N)nc3cc(F)c(Cl)cc32)o1. The highest BCUT2D eigenvalue weighted by Gasteiger charge is 2.13. The minimum absolute atomic E-state index is 0.0252. The third-order valence-corrected chi connectivity index (χ3v) is 3.07. The van der Waals surface area contributed by atoms with Crippen molar-refractivity contribution in [3.8, 4) is 0 Å². The van der Waals surface area contributed by atoms with Crippen molar-refractivity contribution >= 4 is 28.6 Å². The van der Waals surface area contributed by atoms with Crippen molar-refractivity contribution in [1.29, 1.82) is 0 Å². The molecule has 2 N–H and O–H groups in total. The molecule has 0 saturated carbocycles. The van der Waals surface area contributed by atoms with Crippen LogP contribution in [-0.4, -0.2) is 14.5 Å². The quantitative estimate of drug-likeness (QED) is 0.783. The summed E-state index contributed by atoms with van der Waals surface area (Å²) in [7, 11) is 0. The van der Waals surface area contributed by atoms with E-state index in [1.165, 1.54) is 12.1 Å². The van der Waals surface area contributed by atoms with Crippen molar-refractivity contribution < 1.29 is 8.81 Å². The minimum Gasteiger partial charge on any atom is -0.444 e. The van der Waals surface area contributed by atoms with Gasteiger partial charge >= 0.3 is 0 Å². The molecule has 19 heavy (non-hydrogen) atoms. The highest BCUT2D eigenvalue weighted by Crippen LogP contribution is 2.25. The minimum atomic E-state index is -0.522. The van der Waals surface area contributed by atoms with Crippen LogP contribution in [0.25, 0.3) is 11.0 Å². The summed E-state index contributed by atoms with van der Waals surface area (Å²) >= 11 is 5.78. The van der Waals surface area contributed by atoms with Crippen LogP contribution in [0.4, 0.5) is 10.3 Å². The van der Waals surface area contributed by atoms with Gasteiger partial charge < -0.3 is 14.7 Å². The lowest BCUT2D eigenvalue weighted by Crippen LogP contribution is -2.04. The monoisotopic (exact) mass is 280 g/mol. The molecule has 3 aromatic rings. The number of oxazole rings is 1. The number of nitrogens with zero attached hydrogens (tertiary/aromatic N) is 3. The zero-order chi connectivity index (χ0) is 13.6. The van der Waals surface area contributed by atoms with Crippen LogP contribution in [0.5, 0.6) is 0 Å². The molecule has 0 unspecified atom stereocenters. The third kappa shape index (κ3) is 2.04. The summed E-state index contributed by atoms with van der Waals surface area (Å²) in [6, 6.07) is 2.75. The van der Waals surface area contributed by atoms with E-state index >= 15 is 0 Å². The molecule has 0 atom stereocenters. The first kappa shape index (κ1) is 12.0. The fourth-order valence-electron chi connectivity index (χ4n) is 1.91. The van der Waals surface area contributed by atoms with Crippen LogP contribution in [0.15, 0.2) is 22.7 Å². The molecule has 98 valence electrons. The molecule has 1 aromatic carbocycles. The van der Waals surface area contributed by atoms with E-state index < -0.39 is 5.82 Å². The van der Waals surface area contributed by atoms with E-state index in [-0.39, 0.29) is 11.0 Å². The molecular formula is C12H10ClFN4O.